The lowest BCUT2D eigenvalue weighted by Crippen LogP contribution is -2.17. The SMILES string of the molecule is Cc1cc(C)c2sc(NC(=O)CCS(=O)(=O)c3ccc(F)cc3)nc2c1. The topological polar surface area (TPSA) is 76.1 Å². The van der Waals surface area contributed by atoms with Crippen molar-refractivity contribution in [2.75, 3.05) is 11.1 Å². The number of sulfone groups is 1. The molecule has 3 rings (SSSR count). The van der Waals surface area contributed by atoms with E-state index in [2.05, 4.69) is 10.3 Å². The number of thiazole rings is 1. The van der Waals surface area contributed by atoms with Gasteiger partial charge in [-0.05, 0) is 55.3 Å². The van der Waals surface area contributed by atoms with Crippen LogP contribution in [0.3, 0.4) is 0 Å². The molecule has 0 saturated carbocycles. The van der Waals surface area contributed by atoms with E-state index in [1.54, 1.807) is 0 Å². The van der Waals surface area contributed by atoms with Crippen molar-refractivity contribution in [3.05, 3.63) is 53.3 Å². The fourth-order valence-corrected chi connectivity index (χ4v) is 4.77. The van der Waals surface area contributed by atoms with Crippen molar-refractivity contribution in [3.63, 3.8) is 0 Å². The van der Waals surface area contributed by atoms with Crippen molar-refractivity contribution in [2.24, 2.45) is 0 Å². The van der Waals surface area contributed by atoms with Crippen molar-refractivity contribution in [2.45, 2.75) is 25.2 Å². The highest BCUT2D eigenvalue weighted by atomic mass is 32.2. The van der Waals surface area contributed by atoms with Gasteiger partial charge in [-0.3, -0.25) is 4.79 Å². The Morgan fingerprint density at radius 3 is 2.58 bits per heavy atom. The smallest absolute Gasteiger partial charge is 0.227 e. The molecule has 1 aromatic heterocycles. The fourth-order valence-electron chi connectivity index (χ4n) is 2.60. The molecule has 0 unspecified atom stereocenters. The monoisotopic (exact) mass is 392 g/mol. The zero-order valence-electron chi connectivity index (χ0n) is 14.2. The maximum atomic E-state index is 12.9. The van der Waals surface area contributed by atoms with Gasteiger partial charge in [0.25, 0.3) is 0 Å². The van der Waals surface area contributed by atoms with E-state index in [0.717, 1.165) is 33.5 Å². The van der Waals surface area contributed by atoms with Gasteiger partial charge in [-0.1, -0.05) is 17.4 Å². The minimum Gasteiger partial charge on any atom is -0.302 e. The summed E-state index contributed by atoms with van der Waals surface area (Å²) >= 11 is 1.36. The van der Waals surface area contributed by atoms with E-state index in [4.69, 9.17) is 0 Å². The standard InChI is InChI=1S/C18H17FN2O3S2/c1-11-9-12(2)17-15(10-11)20-18(25-17)21-16(22)7-8-26(23,24)14-5-3-13(19)4-6-14/h3-6,9-10H,7-8H2,1-2H3,(H,20,21,22). The maximum Gasteiger partial charge on any atom is 0.227 e. The average Bonchev–Trinajstić information content (AvgIpc) is 2.96. The predicted octanol–water partition coefficient (Wildman–Crippen LogP) is 3.85. The summed E-state index contributed by atoms with van der Waals surface area (Å²) in [4.78, 5) is 16.5. The van der Waals surface area contributed by atoms with Gasteiger partial charge in [0.15, 0.2) is 15.0 Å². The lowest BCUT2D eigenvalue weighted by atomic mass is 10.1. The summed E-state index contributed by atoms with van der Waals surface area (Å²) in [7, 11) is -3.65. The molecule has 0 fully saturated rings. The highest BCUT2D eigenvalue weighted by Gasteiger charge is 2.17. The van der Waals surface area contributed by atoms with E-state index < -0.39 is 21.6 Å². The predicted molar refractivity (Wildman–Crippen MR) is 101 cm³/mol. The lowest BCUT2D eigenvalue weighted by Gasteiger charge is -2.04. The quantitative estimate of drug-likeness (QED) is 0.669. The second kappa shape index (κ2) is 7.13. The van der Waals surface area contributed by atoms with E-state index in [9.17, 15) is 17.6 Å². The molecule has 2 aromatic carbocycles. The van der Waals surface area contributed by atoms with Crippen LogP contribution in [0.4, 0.5) is 9.52 Å². The molecule has 0 saturated heterocycles. The van der Waals surface area contributed by atoms with Crippen LogP contribution in [0, 0.1) is 19.7 Å². The molecule has 26 heavy (non-hydrogen) atoms. The number of anilines is 1. The van der Waals surface area contributed by atoms with Gasteiger partial charge >= 0.3 is 0 Å². The molecule has 0 bridgehead atoms. The molecule has 0 spiro atoms. The Labute approximate surface area is 154 Å². The van der Waals surface area contributed by atoms with E-state index >= 15 is 0 Å². The number of aromatic nitrogens is 1. The normalized spacial score (nSPS) is 11.7. The summed E-state index contributed by atoms with van der Waals surface area (Å²) in [6, 6.07) is 8.54. The van der Waals surface area contributed by atoms with Crippen LogP contribution in [0.1, 0.15) is 17.5 Å². The Morgan fingerprint density at radius 2 is 1.88 bits per heavy atom. The maximum absolute atomic E-state index is 12.9. The number of hydrogen-bond donors (Lipinski definition) is 1. The van der Waals surface area contributed by atoms with Crippen LogP contribution in [0.25, 0.3) is 10.2 Å². The third kappa shape index (κ3) is 4.08. The van der Waals surface area contributed by atoms with Crippen molar-refractivity contribution in [1.82, 2.24) is 4.98 Å². The van der Waals surface area contributed by atoms with Gasteiger partial charge in [-0.15, -0.1) is 0 Å². The van der Waals surface area contributed by atoms with Crippen LogP contribution in [0.15, 0.2) is 41.3 Å². The van der Waals surface area contributed by atoms with E-state index in [0.29, 0.717) is 5.13 Å². The molecular formula is C18H17FN2O3S2. The summed E-state index contributed by atoms with van der Waals surface area (Å²) < 4.78 is 38.3. The zero-order chi connectivity index (χ0) is 18.9. The van der Waals surface area contributed by atoms with E-state index in [1.165, 1.54) is 23.5 Å². The Hall–Kier alpha value is -2.32. The first-order valence-electron chi connectivity index (χ1n) is 7.90. The second-order valence-electron chi connectivity index (χ2n) is 6.02. The summed E-state index contributed by atoms with van der Waals surface area (Å²) in [6.07, 6.45) is -0.201. The van der Waals surface area contributed by atoms with Crippen LogP contribution < -0.4 is 5.32 Å². The Kier molecular flexibility index (Phi) is 5.06. The number of halogens is 1. The molecule has 0 aliphatic heterocycles. The van der Waals surface area contributed by atoms with Gasteiger partial charge in [0.1, 0.15) is 5.82 Å². The lowest BCUT2D eigenvalue weighted by molar-refractivity contribution is -0.115. The minimum absolute atomic E-state index is 0.00205. The van der Waals surface area contributed by atoms with E-state index in [-0.39, 0.29) is 17.1 Å². The van der Waals surface area contributed by atoms with Crippen LogP contribution in [0.2, 0.25) is 0 Å². The Bertz CT molecular complexity index is 1070. The number of carbonyl (C=O) groups excluding carboxylic acids is 1. The number of nitrogens with one attached hydrogen (secondary N) is 1. The zero-order valence-corrected chi connectivity index (χ0v) is 15.9. The molecule has 0 aliphatic carbocycles. The van der Waals surface area contributed by atoms with Crippen molar-refractivity contribution >= 4 is 42.4 Å². The number of hydrogen-bond acceptors (Lipinski definition) is 5. The highest BCUT2D eigenvalue weighted by Crippen LogP contribution is 2.29. The molecule has 0 radical (unpaired) electrons. The van der Waals surface area contributed by atoms with Crippen LogP contribution in [-0.2, 0) is 14.6 Å². The molecule has 8 heteroatoms. The van der Waals surface area contributed by atoms with Crippen molar-refractivity contribution < 1.29 is 17.6 Å². The van der Waals surface area contributed by atoms with Crippen LogP contribution in [0.5, 0.6) is 0 Å². The number of aryl methyl sites for hydroxylation is 2. The molecule has 1 amide bonds. The van der Waals surface area contributed by atoms with Crippen LogP contribution >= 0.6 is 11.3 Å². The first-order chi connectivity index (χ1) is 12.2. The molecule has 0 atom stereocenters. The molecule has 1 N–H and O–H groups in total. The molecule has 5 nitrogen and oxygen atoms in total. The van der Waals surface area contributed by atoms with Gasteiger partial charge in [0.05, 0.1) is 20.9 Å². The minimum atomic E-state index is -3.65. The number of carbonyl (C=O) groups is 1. The molecule has 3 aromatic rings. The number of benzene rings is 2. The number of rotatable bonds is 5. The average molecular weight is 392 g/mol. The molecular weight excluding hydrogens is 375 g/mol. The fraction of sp³-hybridized carbons (Fsp3) is 0.222. The van der Waals surface area contributed by atoms with Crippen molar-refractivity contribution in [3.8, 4) is 0 Å². The van der Waals surface area contributed by atoms with Gasteiger partial charge in [0, 0.05) is 6.42 Å². The third-order valence-corrected chi connectivity index (χ3v) is 6.69. The Balaban J connectivity index is 1.67. The second-order valence-corrected chi connectivity index (χ2v) is 9.13. The first-order valence-corrected chi connectivity index (χ1v) is 10.4. The highest BCUT2D eigenvalue weighted by molar-refractivity contribution is 7.91. The van der Waals surface area contributed by atoms with Gasteiger partial charge < -0.3 is 5.32 Å². The largest absolute Gasteiger partial charge is 0.302 e. The molecule has 0 aliphatic rings. The van der Waals surface area contributed by atoms with Gasteiger partial charge in [-0.2, -0.15) is 0 Å². The summed E-state index contributed by atoms with van der Waals surface area (Å²) in [5.74, 6) is -1.29. The Morgan fingerprint density at radius 1 is 1.19 bits per heavy atom. The molecule has 136 valence electrons. The summed E-state index contributed by atoms with van der Waals surface area (Å²) in [5.41, 5.74) is 2.97. The first kappa shape index (κ1) is 18.5. The third-order valence-electron chi connectivity index (χ3n) is 3.84. The van der Waals surface area contributed by atoms with Crippen LogP contribution in [-0.4, -0.2) is 25.1 Å². The summed E-state index contributed by atoms with van der Waals surface area (Å²) in [6.45, 7) is 3.96. The van der Waals surface area contributed by atoms with E-state index in [1.807, 2.05) is 26.0 Å². The number of nitrogens with zero attached hydrogens (tertiary/aromatic N) is 1. The van der Waals surface area contributed by atoms with Gasteiger partial charge in [0.2, 0.25) is 5.91 Å². The van der Waals surface area contributed by atoms with Gasteiger partial charge in [-0.25, -0.2) is 17.8 Å². The number of fused-ring (bicyclic) bond motifs is 1. The summed E-state index contributed by atoms with van der Waals surface area (Å²) in [5, 5.41) is 3.10. The van der Waals surface area contributed by atoms with Crippen molar-refractivity contribution in [1.29, 1.82) is 0 Å². The number of amides is 1. The molecule has 1 heterocycles.